The molecule has 0 unspecified atom stereocenters. The minimum atomic E-state index is 0.746. The summed E-state index contributed by atoms with van der Waals surface area (Å²) in [6.45, 7) is 4.65. The van der Waals surface area contributed by atoms with Gasteiger partial charge in [-0.05, 0) is 83.7 Å². The van der Waals surface area contributed by atoms with Gasteiger partial charge in [0, 0.05) is 11.1 Å². The molecule has 0 nitrogen and oxygen atoms in total. The molecule has 1 fully saturated rings. The van der Waals surface area contributed by atoms with Crippen LogP contribution in [-0.2, 0) is 6.42 Å². The van der Waals surface area contributed by atoms with Crippen LogP contribution in [0.1, 0.15) is 93.4 Å². The van der Waals surface area contributed by atoms with Crippen LogP contribution in [0.5, 0.6) is 0 Å². The van der Waals surface area contributed by atoms with E-state index in [1.807, 2.05) is 0 Å². The van der Waals surface area contributed by atoms with E-state index >= 15 is 0 Å². The Balaban J connectivity index is 1.40. The van der Waals surface area contributed by atoms with Crippen molar-refractivity contribution >= 4 is 10.8 Å². The van der Waals surface area contributed by atoms with Crippen molar-refractivity contribution in [2.75, 3.05) is 0 Å². The van der Waals surface area contributed by atoms with E-state index in [4.69, 9.17) is 0 Å². The van der Waals surface area contributed by atoms with E-state index < -0.39 is 0 Å². The monoisotopic (exact) mass is 408 g/mol. The summed E-state index contributed by atoms with van der Waals surface area (Å²) < 4.78 is 0. The molecular formula is C31H36. The van der Waals surface area contributed by atoms with Crippen molar-refractivity contribution in [3.63, 3.8) is 0 Å². The van der Waals surface area contributed by atoms with Crippen molar-refractivity contribution in [3.8, 4) is 11.8 Å². The molecule has 0 N–H and O–H groups in total. The van der Waals surface area contributed by atoms with Crippen LogP contribution in [0.15, 0.2) is 60.7 Å². The maximum Gasteiger partial charge on any atom is 0.0255 e. The number of hydrogen-bond donors (Lipinski definition) is 0. The Labute approximate surface area is 189 Å². The zero-order valence-corrected chi connectivity index (χ0v) is 19.3. The smallest absolute Gasteiger partial charge is 0.0255 e. The predicted molar refractivity (Wildman–Crippen MR) is 135 cm³/mol. The highest BCUT2D eigenvalue weighted by atomic mass is 14.2. The molecule has 0 bridgehead atoms. The molecule has 0 atom stereocenters. The van der Waals surface area contributed by atoms with Gasteiger partial charge in [-0.1, -0.05) is 94.2 Å². The Bertz CT molecular complexity index is 1040. The Morgan fingerprint density at radius 2 is 1.39 bits per heavy atom. The Morgan fingerprint density at radius 3 is 2.16 bits per heavy atom. The first-order valence-corrected chi connectivity index (χ1v) is 12.4. The number of unbranched alkanes of at least 4 members (excludes halogenated alkanes) is 3. The summed E-state index contributed by atoms with van der Waals surface area (Å²) in [5.74, 6) is 8.38. The van der Waals surface area contributed by atoms with Crippen LogP contribution in [0.2, 0.25) is 0 Å². The van der Waals surface area contributed by atoms with Gasteiger partial charge in [0.2, 0.25) is 0 Å². The second-order valence-electron chi connectivity index (χ2n) is 9.54. The quantitative estimate of drug-likeness (QED) is 0.283. The molecule has 0 heteroatoms. The van der Waals surface area contributed by atoms with Gasteiger partial charge in [-0.2, -0.15) is 0 Å². The van der Waals surface area contributed by atoms with Gasteiger partial charge in [-0.25, -0.2) is 0 Å². The molecule has 0 spiro atoms. The average molecular weight is 409 g/mol. The summed E-state index contributed by atoms with van der Waals surface area (Å²) >= 11 is 0. The summed E-state index contributed by atoms with van der Waals surface area (Å²) in [4.78, 5) is 0. The first-order valence-electron chi connectivity index (χ1n) is 12.4. The van der Waals surface area contributed by atoms with Crippen molar-refractivity contribution in [1.82, 2.24) is 0 Å². The molecule has 1 saturated carbocycles. The van der Waals surface area contributed by atoms with Gasteiger partial charge in [-0.15, -0.1) is 0 Å². The van der Waals surface area contributed by atoms with Crippen molar-refractivity contribution < 1.29 is 0 Å². The topological polar surface area (TPSA) is 0 Å². The molecule has 4 rings (SSSR count). The highest BCUT2D eigenvalue weighted by molar-refractivity contribution is 5.84. The van der Waals surface area contributed by atoms with Crippen molar-refractivity contribution in [1.29, 1.82) is 0 Å². The standard InChI is InChI=1S/C31H36/c1-3-4-5-6-7-26-14-20-31-23-27(15-21-30(31)22-26)11-10-25-12-18-29(19-13-25)28-16-8-24(2)9-17-28/h12-15,18-24,28H,3-9,16-17H2,1-2H3/t24-,28-. The third-order valence-electron chi connectivity index (χ3n) is 6.97. The third kappa shape index (κ3) is 6.01. The highest BCUT2D eigenvalue weighted by Gasteiger charge is 2.19. The number of rotatable bonds is 6. The summed E-state index contributed by atoms with van der Waals surface area (Å²) in [7, 11) is 0. The third-order valence-corrected chi connectivity index (χ3v) is 6.97. The highest BCUT2D eigenvalue weighted by Crippen LogP contribution is 2.35. The van der Waals surface area contributed by atoms with Crippen LogP contribution in [0.25, 0.3) is 10.8 Å². The second-order valence-corrected chi connectivity index (χ2v) is 9.54. The number of benzene rings is 3. The van der Waals surface area contributed by atoms with Crippen molar-refractivity contribution in [2.24, 2.45) is 5.92 Å². The summed E-state index contributed by atoms with van der Waals surface area (Å²) in [6, 6.07) is 22.5. The Hall–Kier alpha value is -2.52. The molecule has 0 aliphatic heterocycles. The molecule has 3 aromatic carbocycles. The molecule has 31 heavy (non-hydrogen) atoms. The molecule has 0 amide bonds. The first kappa shape index (κ1) is 21.7. The lowest BCUT2D eigenvalue weighted by molar-refractivity contribution is 0.348. The van der Waals surface area contributed by atoms with E-state index in [1.54, 1.807) is 0 Å². The fourth-order valence-electron chi connectivity index (χ4n) is 4.86. The van der Waals surface area contributed by atoms with Crippen LogP contribution in [-0.4, -0.2) is 0 Å². The van der Waals surface area contributed by atoms with Crippen LogP contribution < -0.4 is 0 Å². The molecule has 0 aromatic heterocycles. The van der Waals surface area contributed by atoms with E-state index in [0.717, 1.165) is 23.0 Å². The van der Waals surface area contributed by atoms with Gasteiger partial charge in [0.05, 0.1) is 0 Å². The SMILES string of the molecule is CCCCCCc1ccc2cc(C#Cc3ccc([C@H]4CC[C@H](C)CC4)cc3)ccc2c1. The molecule has 1 aliphatic carbocycles. The first-order chi connectivity index (χ1) is 15.2. The van der Waals surface area contributed by atoms with E-state index in [0.29, 0.717) is 0 Å². The van der Waals surface area contributed by atoms with Gasteiger partial charge in [0.1, 0.15) is 0 Å². The lowest BCUT2D eigenvalue weighted by atomic mass is 9.79. The maximum absolute atomic E-state index is 3.37. The van der Waals surface area contributed by atoms with Gasteiger partial charge in [0.15, 0.2) is 0 Å². The summed E-state index contributed by atoms with van der Waals surface area (Å²) in [6.07, 6.45) is 11.9. The molecule has 160 valence electrons. The zero-order chi connectivity index (χ0) is 21.5. The largest absolute Gasteiger partial charge is 0.0654 e. The van der Waals surface area contributed by atoms with Crippen molar-refractivity contribution in [3.05, 3.63) is 82.9 Å². The van der Waals surface area contributed by atoms with Crippen molar-refractivity contribution in [2.45, 2.75) is 77.6 Å². The fourth-order valence-corrected chi connectivity index (χ4v) is 4.86. The van der Waals surface area contributed by atoms with Crippen LogP contribution in [0.3, 0.4) is 0 Å². The van der Waals surface area contributed by atoms with Gasteiger partial charge in [0.25, 0.3) is 0 Å². The molecule has 3 aromatic rings. The fraction of sp³-hybridized carbons (Fsp3) is 0.419. The van der Waals surface area contributed by atoms with Crippen LogP contribution >= 0.6 is 0 Å². The van der Waals surface area contributed by atoms with Gasteiger partial charge >= 0.3 is 0 Å². The minimum Gasteiger partial charge on any atom is -0.0654 e. The number of fused-ring (bicyclic) bond motifs is 1. The number of aryl methyl sites for hydroxylation is 1. The lowest BCUT2D eigenvalue weighted by Gasteiger charge is -2.26. The average Bonchev–Trinajstić information content (AvgIpc) is 2.81. The summed E-state index contributed by atoms with van der Waals surface area (Å²) in [5, 5.41) is 2.61. The molecule has 0 radical (unpaired) electrons. The lowest BCUT2D eigenvalue weighted by Crippen LogP contribution is -2.10. The van der Waals surface area contributed by atoms with E-state index in [2.05, 4.69) is 86.4 Å². The van der Waals surface area contributed by atoms with Gasteiger partial charge in [-0.3, -0.25) is 0 Å². The number of hydrogen-bond acceptors (Lipinski definition) is 0. The predicted octanol–water partition coefficient (Wildman–Crippen LogP) is 8.66. The minimum absolute atomic E-state index is 0.746. The second kappa shape index (κ2) is 10.7. The van der Waals surface area contributed by atoms with Gasteiger partial charge < -0.3 is 0 Å². The van der Waals surface area contributed by atoms with Crippen LogP contribution in [0.4, 0.5) is 0 Å². The zero-order valence-electron chi connectivity index (χ0n) is 19.3. The summed E-state index contributed by atoms with van der Waals surface area (Å²) in [5.41, 5.74) is 5.15. The van der Waals surface area contributed by atoms with E-state index in [1.165, 1.54) is 79.7 Å². The molecular weight excluding hydrogens is 372 g/mol. The Kier molecular flexibility index (Phi) is 7.48. The maximum atomic E-state index is 3.37. The molecule has 1 aliphatic rings. The molecule has 0 heterocycles. The van der Waals surface area contributed by atoms with E-state index in [9.17, 15) is 0 Å². The van der Waals surface area contributed by atoms with E-state index in [-0.39, 0.29) is 0 Å². The Morgan fingerprint density at radius 1 is 0.710 bits per heavy atom. The molecule has 0 saturated heterocycles. The normalized spacial score (nSPS) is 18.5. The van der Waals surface area contributed by atoms with Crippen LogP contribution in [0, 0.1) is 17.8 Å².